The lowest BCUT2D eigenvalue weighted by atomic mass is 10.1. The molecule has 0 aliphatic carbocycles. The zero-order chi connectivity index (χ0) is 19.9. The highest BCUT2D eigenvalue weighted by Crippen LogP contribution is 2.19. The molecule has 0 saturated carbocycles. The Bertz CT molecular complexity index is 956. The maximum absolute atomic E-state index is 12.4. The molecule has 0 aliphatic rings. The minimum atomic E-state index is -0.268. The van der Waals surface area contributed by atoms with Crippen LogP contribution in [0.25, 0.3) is 0 Å². The third kappa shape index (κ3) is 5.17. The van der Waals surface area contributed by atoms with E-state index in [9.17, 15) is 9.59 Å². The highest BCUT2D eigenvalue weighted by Gasteiger charge is 2.09. The molecular formula is C22H22N4O2. The molecule has 3 rings (SSSR count). The van der Waals surface area contributed by atoms with Gasteiger partial charge < -0.3 is 16.0 Å². The van der Waals surface area contributed by atoms with Gasteiger partial charge in [0.2, 0.25) is 5.91 Å². The number of benzene rings is 2. The van der Waals surface area contributed by atoms with Crippen LogP contribution in [0.4, 0.5) is 17.2 Å². The molecule has 0 fully saturated rings. The lowest BCUT2D eigenvalue weighted by molar-refractivity contribution is -0.114. The summed E-state index contributed by atoms with van der Waals surface area (Å²) < 4.78 is 0. The molecule has 6 heteroatoms. The Kier molecular flexibility index (Phi) is 6.01. The van der Waals surface area contributed by atoms with Crippen LogP contribution in [0.5, 0.6) is 0 Å². The van der Waals surface area contributed by atoms with E-state index in [0.29, 0.717) is 22.8 Å². The molecule has 3 N–H and O–H groups in total. The van der Waals surface area contributed by atoms with Gasteiger partial charge in [-0.15, -0.1) is 0 Å². The van der Waals surface area contributed by atoms with Gasteiger partial charge in [0.15, 0.2) is 0 Å². The molecule has 1 unspecified atom stereocenters. The van der Waals surface area contributed by atoms with Gasteiger partial charge in [-0.3, -0.25) is 9.59 Å². The number of pyridine rings is 1. The third-order valence-corrected chi connectivity index (χ3v) is 4.13. The molecule has 3 aromatic rings. The smallest absolute Gasteiger partial charge is 0.257 e. The highest BCUT2D eigenvalue weighted by molar-refractivity contribution is 6.04. The monoisotopic (exact) mass is 374 g/mol. The SMILES string of the molecule is CC(=O)Nc1cccc(NC(=O)c2ccc(NC(C)c3ccccc3)nc2)c1. The largest absolute Gasteiger partial charge is 0.364 e. The summed E-state index contributed by atoms with van der Waals surface area (Å²) in [6, 6.07) is 20.6. The van der Waals surface area contributed by atoms with Gasteiger partial charge in [0.25, 0.3) is 5.91 Å². The van der Waals surface area contributed by atoms with Crippen LogP contribution in [0.15, 0.2) is 72.9 Å². The Labute approximate surface area is 164 Å². The van der Waals surface area contributed by atoms with Crippen molar-refractivity contribution in [1.82, 2.24) is 4.98 Å². The van der Waals surface area contributed by atoms with Crippen LogP contribution < -0.4 is 16.0 Å². The van der Waals surface area contributed by atoms with Crippen LogP contribution in [-0.2, 0) is 4.79 Å². The number of hydrogen-bond donors (Lipinski definition) is 3. The van der Waals surface area contributed by atoms with E-state index in [1.165, 1.54) is 13.1 Å². The van der Waals surface area contributed by atoms with Crippen molar-refractivity contribution in [3.63, 3.8) is 0 Å². The van der Waals surface area contributed by atoms with E-state index >= 15 is 0 Å². The molecule has 28 heavy (non-hydrogen) atoms. The molecule has 2 aromatic carbocycles. The average Bonchev–Trinajstić information content (AvgIpc) is 2.69. The molecular weight excluding hydrogens is 352 g/mol. The lowest BCUT2D eigenvalue weighted by Crippen LogP contribution is -2.13. The third-order valence-electron chi connectivity index (χ3n) is 4.13. The Morgan fingerprint density at radius 1 is 0.893 bits per heavy atom. The quantitative estimate of drug-likeness (QED) is 0.595. The molecule has 2 amide bonds. The topological polar surface area (TPSA) is 83.1 Å². The number of carbonyl (C=O) groups is 2. The van der Waals surface area contributed by atoms with Crippen molar-refractivity contribution in [2.75, 3.05) is 16.0 Å². The molecule has 0 radical (unpaired) electrons. The number of hydrogen-bond acceptors (Lipinski definition) is 4. The molecule has 0 bridgehead atoms. The van der Waals surface area contributed by atoms with Gasteiger partial charge in [0, 0.05) is 30.5 Å². The van der Waals surface area contributed by atoms with Crippen LogP contribution >= 0.6 is 0 Å². The number of amides is 2. The second-order valence-electron chi connectivity index (χ2n) is 6.42. The first-order chi connectivity index (χ1) is 13.5. The maximum Gasteiger partial charge on any atom is 0.257 e. The molecule has 1 aromatic heterocycles. The predicted octanol–water partition coefficient (Wildman–Crippen LogP) is 4.47. The predicted molar refractivity (Wildman–Crippen MR) is 111 cm³/mol. The second kappa shape index (κ2) is 8.81. The number of nitrogens with zero attached hydrogens (tertiary/aromatic N) is 1. The minimum absolute atomic E-state index is 0.102. The fourth-order valence-corrected chi connectivity index (χ4v) is 2.74. The van der Waals surface area contributed by atoms with E-state index in [1.54, 1.807) is 36.4 Å². The van der Waals surface area contributed by atoms with Crippen molar-refractivity contribution in [3.8, 4) is 0 Å². The number of aromatic nitrogens is 1. The standard InChI is InChI=1S/C22H22N4O2/c1-15(17-7-4-3-5-8-17)24-21-12-11-18(14-23-21)22(28)26-20-10-6-9-19(13-20)25-16(2)27/h3-15H,1-2H3,(H,23,24)(H,25,27)(H,26,28). The lowest BCUT2D eigenvalue weighted by Gasteiger charge is -2.15. The molecule has 1 heterocycles. The number of anilines is 3. The van der Waals surface area contributed by atoms with Crippen molar-refractivity contribution in [3.05, 3.63) is 84.1 Å². The van der Waals surface area contributed by atoms with Gasteiger partial charge >= 0.3 is 0 Å². The van der Waals surface area contributed by atoms with Gasteiger partial charge in [-0.05, 0) is 42.8 Å². The highest BCUT2D eigenvalue weighted by atomic mass is 16.2. The Balaban J connectivity index is 1.63. The summed E-state index contributed by atoms with van der Waals surface area (Å²) in [5.41, 5.74) is 2.82. The summed E-state index contributed by atoms with van der Waals surface area (Å²) in [7, 11) is 0. The van der Waals surface area contributed by atoms with E-state index in [-0.39, 0.29) is 17.9 Å². The van der Waals surface area contributed by atoms with Crippen LogP contribution in [-0.4, -0.2) is 16.8 Å². The van der Waals surface area contributed by atoms with E-state index in [1.807, 2.05) is 18.2 Å². The van der Waals surface area contributed by atoms with E-state index in [4.69, 9.17) is 0 Å². The summed E-state index contributed by atoms with van der Waals surface area (Å²) in [6.45, 7) is 3.49. The van der Waals surface area contributed by atoms with Crippen molar-refractivity contribution in [1.29, 1.82) is 0 Å². The first kappa shape index (κ1) is 19.1. The number of nitrogens with one attached hydrogen (secondary N) is 3. The van der Waals surface area contributed by atoms with Crippen LogP contribution in [0.2, 0.25) is 0 Å². The van der Waals surface area contributed by atoms with Crippen molar-refractivity contribution >= 4 is 29.0 Å². The summed E-state index contributed by atoms with van der Waals surface area (Å²) >= 11 is 0. The first-order valence-corrected chi connectivity index (χ1v) is 8.98. The first-order valence-electron chi connectivity index (χ1n) is 8.98. The normalized spacial score (nSPS) is 11.4. The van der Waals surface area contributed by atoms with Crippen LogP contribution in [0, 0.1) is 0 Å². The molecule has 0 spiro atoms. The molecule has 6 nitrogen and oxygen atoms in total. The van der Waals surface area contributed by atoms with Gasteiger partial charge in [-0.1, -0.05) is 36.4 Å². The van der Waals surface area contributed by atoms with E-state index in [2.05, 4.69) is 40.0 Å². The number of carbonyl (C=O) groups excluding carboxylic acids is 2. The Morgan fingerprint density at radius 3 is 2.25 bits per heavy atom. The average molecular weight is 374 g/mol. The maximum atomic E-state index is 12.4. The van der Waals surface area contributed by atoms with Crippen LogP contribution in [0.3, 0.4) is 0 Å². The van der Waals surface area contributed by atoms with Crippen LogP contribution in [0.1, 0.15) is 35.8 Å². The zero-order valence-electron chi connectivity index (χ0n) is 15.8. The Morgan fingerprint density at radius 2 is 1.61 bits per heavy atom. The molecule has 0 aliphatic heterocycles. The molecule has 1 atom stereocenters. The Hall–Kier alpha value is -3.67. The van der Waals surface area contributed by atoms with Gasteiger partial charge in [-0.25, -0.2) is 4.98 Å². The summed E-state index contributed by atoms with van der Waals surface area (Å²) in [6.07, 6.45) is 1.53. The van der Waals surface area contributed by atoms with Crippen molar-refractivity contribution in [2.24, 2.45) is 0 Å². The van der Waals surface area contributed by atoms with E-state index < -0.39 is 0 Å². The molecule has 142 valence electrons. The van der Waals surface area contributed by atoms with Gasteiger partial charge in [0.05, 0.1) is 5.56 Å². The minimum Gasteiger partial charge on any atom is -0.364 e. The summed E-state index contributed by atoms with van der Waals surface area (Å²) in [4.78, 5) is 27.9. The fourth-order valence-electron chi connectivity index (χ4n) is 2.74. The molecule has 0 saturated heterocycles. The van der Waals surface area contributed by atoms with E-state index in [0.717, 1.165) is 5.56 Å². The van der Waals surface area contributed by atoms with Crippen molar-refractivity contribution < 1.29 is 9.59 Å². The summed E-state index contributed by atoms with van der Waals surface area (Å²) in [5.74, 6) is 0.260. The van der Waals surface area contributed by atoms with Crippen molar-refractivity contribution in [2.45, 2.75) is 19.9 Å². The zero-order valence-corrected chi connectivity index (χ0v) is 15.8. The van der Waals surface area contributed by atoms with Gasteiger partial charge in [-0.2, -0.15) is 0 Å². The fraction of sp³-hybridized carbons (Fsp3) is 0.136. The summed E-state index contributed by atoms with van der Waals surface area (Å²) in [5, 5.41) is 8.81. The second-order valence-corrected chi connectivity index (χ2v) is 6.42. The number of rotatable bonds is 6. The van der Waals surface area contributed by atoms with Gasteiger partial charge in [0.1, 0.15) is 5.82 Å².